The molecule has 0 aliphatic heterocycles. The second-order valence-corrected chi connectivity index (χ2v) is 5.03. The van der Waals surface area contributed by atoms with Crippen LogP contribution < -0.4 is 10.6 Å². The zero-order chi connectivity index (χ0) is 12.8. The van der Waals surface area contributed by atoms with Gasteiger partial charge in [-0.1, -0.05) is 11.6 Å². The standard InChI is InChI=1S/C12H17ClN2OS/c1-8(14-2)7-15-12(16)10-6-9(17-3)4-5-11(10)13/h4-6,8,14H,7H2,1-3H3,(H,15,16). The predicted octanol–water partition coefficient (Wildman–Crippen LogP) is 2.40. The van der Waals surface area contributed by atoms with E-state index >= 15 is 0 Å². The highest BCUT2D eigenvalue weighted by molar-refractivity contribution is 7.98. The lowest BCUT2D eigenvalue weighted by Crippen LogP contribution is -2.37. The highest BCUT2D eigenvalue weighted by atomic mass is 35.5. The van der Waals surface area contributed by atoms with Crippen molar-refractivity contribution in [1.82, 2.24) is 10.6 Å². The lowest BCUT2D eigenvalue weighted by molar-refractivity contribution is 0.0950. The Balaban J connectivity index is 2.74. The molecular formula is C12H17ClN2OS. The molecule has 94 valence electrons. The van der Waals surface area contributed by atoms with Gasteiger partial charge in [-0.2, -0.15) is 0 Å². The average molecular weight is 273 g/mol. The fourth-order valence-corrected chi connectivity index (χ4v) is 1.89. The molecule has 0 bridgehead atoms. The SMILES string of the molecule is CNC(C)CNC(=O)c1cc(SC)ccc1Cl. The maximum atomic E-state index is 11.9. The highest BCUT2D eigenvalue weighted by Crippen LogP contribution is 2.22. The second-order valence-electron chi connectivity index (χ2n) is 3.75. The second kappa shape index (κ2) is 6.89. The topological polar surface area (TPSA) is 41.1 Å². The number of likely N-dealkylation sites (N-methyl/N-ethyl adjacent to an activating group) is 1. The van der Waals surface area contributed by atoms with Gasteiger partial charge in [0, 0.05) is 17.5 Å². The van der Waals surface area contributed by atoms with E-state index in [4.69, 9.17) is 11.6 Å². The van der Waals surface area contributed by atoms with Crippen LogP contribution in [0.3, 0.4) is 0 Å². The van der Waals surface area contributed by atoms with Crippen molar-refractivity contribution in [2.24, 2.45) is 0 Å². The van der Waals surface area contributed by atoms with Gasteiger partial charge < -0.3 is 10.6 Å². The first kappa shape index (κ1) is 14.4. The van der Waals surface area contributed by atoms with E-state index in [0.29, 0.717) is 17.1 Å². The van der Waals surface area contributed by atoms with Gasteiger partial charge in [0.1, 0.15) is 0 Å². The van der Waals surface area contributed by atoms with Crippen LogP contribution in [0.25, 0.3) is 0 Å². The van der Waals surface area contributed by atoms with Crippen LogP contribution in [0, 0.1) is 0 Å². The summed E-state index contributed by atoms with van der Waals surface area (Å²) in [6.45, 7) is 2.58. The minimum absolute atomic E-state index is 0.131. The Hall–Kier alpha value is -0.710. The van der Waals surface area contributed by atoms with E-state index in [9.17, 15) is 4.79 Å². The lowest BCUT2D eigenvalue weighted by atomic mass is 10.2. The van der Waals surface area contributed by atoms with Gasteiger partial charge in [0.05, 0.1) is 10.6 Å². The summed E-state index contributed by atoms with van der Waals surface area (Å²) in [5.74, 6) is -0.131. The first-order valence-electron chi connectivity index (χ1n) is 5.37. The summed E-state index contributed by atoms with van der Waals surface area (Å²) in [5, 5.41) is 6.39. The molecule has 0 aromatic heterocycles. The Bertz CT molecular complexity index is 398. The van der Waals surface area contributed by atoms with Crippen molar-refractivity contribution >= 4 is 29.3 Å². The van der Waals surface area contributed by atoms with Gasteiger partial charge in [0.15, 0.2) is 0 Å². The van der Waals surface area contributed by atoms with Crippen LogP contribution in [0.1, 0.15) is 17.3 Å². The number of benzene rings is 1. The minimum Gasteiger partial charge on any atom is -0.350 e. The van der Waals surface area contributed by atoms with Gasteiger partial charge in [-0.25, -0.2) is 0 Å². The van der Waals surface area contributed by atoms with Crippen LogP contribution in [-0.2, 0) is 0 Å². The van der Waals surface area contributed by atoms with Crippen molar-refractivity contribution in [1.29, 1.82) is 0 Å². The minimum atomic E-state index is -0.131. The number of hydrogen-bond donors (Lipinski definition) is 2. The fraction of sp³-hybridized carbons (Fsp3) is 0.417. The Morgan fingerprint density at radius 3 is 2.82 bits per heavy atom. The van der Waals surface area contributed by atoms with Crippen molar-refractivity contribution < 1.29 is 4.79 Å². The van der Waals surface area contributed by atoms with Crippen LogP contribution >= 0.6 is 23.4 Å². The van der Waals surface area contributed by atoms with Crippen molar-refractivity contribution in [3.05, 3.63) is 28.8 Å². The normalized spacial score (nSPS) is 12.2. The van der Waals surface area contributed by atoms with E-state index in [1.54, 1.807) is 17.8 Å². The van der Waals surface area contributed by atoms with E-state index in [0.717, 1.165) is 4.90 Å². The van der Waals surface area contributed by atoms with Gasteiger partial charge in [-0.05, 0) is 38.4 Å². The summed E-state index contributed by atoms with van der Waals surface area (Å²) >= 11 is 7.60. The average Bonchev–Trinajstić information content (AvgIpc) is 2.36. The summed E-state index contributed by atoms with van der Waals surface area (Å²) in [6, 6.07) is 5.71. The quantitative estimate of drug-likeness (QED) is 0.809. The van der Waals surface area contributed by atoms with E-state index in [-0.39, 0.29) is 11.9 Å². The lowest BCUT2D eigenvalue weighted by Gasteiger charge is -2.12. The Labute approximate surface area is 111 Å². The first-order valence-corrected chi connectivity index (χ1v) is 6.97. The Morgan fingerprint density at radius 2 is 2.24 bits per heavy atom. The van der Waals surface area contributed by atoms with Crippen LogP contribution in [-0.4, -0.2) is 31.8 Å². The summed E-state index contributed by atoms with van der Waals surface area (Å²) in [7, 11) is 1.86. The van der Waals surface area contributed by atoms with Crippen molar-refractivity contribution in [3.63, 3.8) is 0 Å². The largest absolute Gasteiger partial charge is 0.350 e. The third-order valence-corrected chi connectivity index (χ3v) is 3.53. The molecule has 1 aromatic rings. The molecule has 2 N–H and O–H groups in total. The maximum Gasteiger partial charge on any atom is 0.252 e. The molecule has 17 heavy (non-hydrogen) atoms. The molecule has 1 unspecified atom stereocenters. The van der Waals surface area contributed by atoms with E-state index in [2.05, 4.69) is 10.6 Å². The highest BCUT2D eigenvalue weighted by Gasteiger charge is 2.11. The van der Waals surface area contributed by atoms with Gasteiger partial charge in [-0.3, -0.25) is 4.79 Å². The smallest absolute Gasteiger partial charge is 0.252 e. The zero-order valence-electron chi connectivity index (χ0n) is 10.2. The number of amides is 1. The van der Waals surface area contributed by atoms with Crippen LogP contribution in [0.5, 0.6) is 0 Å². The summed E-state index contributed by atoms with van der Waals surface area (Å²) in [6.07, 6.45) is 1.97. The molecule has 1 aromatic carbocycles. The molecular weight excluding hydrogens is 256 g/mol. The van der Waals surface area contributed by atoms with Gasteiger partial charge in [0.25, 0.3) is 5.91 Å². The number of thioether (sulfide) groups is 1. The molecule has 0 radical (unpaired) electrons. The van der Waals surface area contributed by atoms with Crippen molar-refractivity contribution in [2.75, 3.05) is 19.8 Å². The Morgan fingerprint density at radius 1 is 1.53 bits per heavy atom. The molecule has 1 atom stereocenters. The molecule has 1 rings (SSSR count). The molecule has 1 amide bonds. The maximum absolute atomic E-state index is 11.9. The molecule has 5 heteroatoms. The number of carbonyl (C=O) groups is 1. The monoisotopic (exact) mass is 272 g/mol. The van der Waals surface area contributed by atoms with Crippen LogP contribution in [0.15, 0.2) is 23.1 Å². The number of rotatable bonds is 5. The molecule has 3 nitrogen and oxygen atoms in total. The van der Waals surface area contributed by atoms with Crippen LogP contribution in [0.2, 0.25) is 5.02 Å². The van der Waals surface area contributed by atoms with E-state index in [1.165, 1.54) is 0 Å². The van der Waals surface area contributed by atoms with E-state index in [1.807, 2.05) is 32.4 Å². The summed E-state index contributed by atoms with van der Waals surface area (Å²) < 4.78 is 0. The molecule has 0 spiro atoms. The molecule has 0 saturated heterocycles. The zero-order valence-corrected chi connectivity index (χ0v) is 11.8. The summed E-state index contributed by atoms with van der Waals surface area (Å²) in [4.78, 5) is 13.0. The first-order chi connectivity index (χ1) is 8.08. The fourth-order valence-electron chi connectivity index (χ4n) is 1.25. The van der Waals surface area contributed by atoms with Crippen LogP contribution in [0.4, 0.5) is 0 Å². The molecule has 0 saturated carbocycles. The van der Waals surface area contributed by atoms with Gasteiger partial charge >= 0.3 is 0 Å². The van der Waals surface area contributed by atoms with Gasteiger partial charge in [0.2, 0.25) is 0 Å². The van der Waals surface area contributed by atoms with Gasteiger partial charge in [-0.15, -0.1) is 11.8 Å². The molecule has 0 aliphatic rings. The van der Waals surface area contributed by atoms with Crippen molar-refractivity contribution in [3.8, 4) is 0 Å². The number of nitrogens with one attached hydrogen (secondary N) is 2. The third kappa shape index (κ3) is 4.22. The number of hydrogen-bond acceptors (Lipinski definition) is 3. The number of carbonyl (C=O) groups excluding carboxylic acids is 1. The Kier molecular flexibility index (Phi) is 5.82. The predicted molar refractivity (Wildman–Crippen MR) is 74.1 cm³/mol. The molecule has 0 heterocycles. The molecule has 0 aliphatic carbocycles. The number of halogens is 1. The summed E-state index contributed by atoms with van der Waals surface area (Å²) in [5.41, 5.74) is 0.529. The van der Waals surface area contributed by atoms with Crippen molar-refractivity contribution in [2.45, 2.75) is 17.9 Å². The molecule has 0 fully saturated rings. The van der Waals surface area contributed by atoms with E-state index < -0.39 is 0 Å². The third-order valence-electron chi connectivity index (χ3n) is 2.48.